The molecule has 0 aliphatic rings. The summed E-state index contributed by atoms with van der Waals surface area (Å²) < 4.78 is 29.9. The zero-order valence-electron chi connectivity index (χ0n) is 15.3. The topological polar surface area (TPSA) is 89.5 Å². The Morgan fingerprint density at radius 1 is 1.11 bits per heavy atom. The van der Waals surface area contributed by atoms with Gasteiger partial charge >= 0.3 is 5.97 Å². The maximum atomic E-state index is 12.4. The first-order chi connectivity index (χ1) is 12.7. The van der Waals surface area contributed by atoms with Gasteiger partial charge in [-0.1, -0.05) is 18.2 Å². The maximum absolute atomic E-state index is 12.4. The highest BCUT2D eigenvalue weighted by Crippen LogP contribution is 2.22. The Morgan fingerprint density at radius 2 is 1.74 bits per heavy atom. The molecule has 1 N–H and O–H groups in total. The van der Waals surface area contributed by atoms with E-state index in [9.17, 15) is 18.0 Å². The Bertz CT molecular complexity index is 923. The number of ketones is 1. The van der Waals surface area contributed by atoms with Crippen LogP contribution in [0.1, 0.15) is 22.8 Å². The molecule has 0 amide bonds. The first-order valence-electron chi connectivity index (χ1n) is 8.15. The molecule has 0 unspecified atom stereocenters. The van der Waals surface area contributed by atoms with E-state index in [1.807, 2.05) is 31.2 Å². The lowest BCUT2D eigenvalue weighted by Crippen LogP contribution is -2.25. The minimum atomic E-state index is -3.38. The number of hydrogen-bond acceptors (Lipinski definition) is 6. The number of carbonyl (C=O) groups is 2. The summed E-state index contributed by atoms with van der Waals surface area (Å²) in [7, 11) is -3.38. The summed E-state index contributed by atoms with van der Waals surface area (Å²) in [5.41, 5.74) is 1.76. The van der Waals surface area contributed by atoms with Crippen molar-refractivity contribution in [2.45, 2.75) is 24.8 Å². The van der Waals surface area contributed by atoms with Gasteiger partial charge in [-0.05, 0) is 49.7 Å². The standard InChI is InChI=1S/C19H21NO5S2/c1-13-6-4-5-7-17(13)26-12-18(21)25-14(2)19(22)15-8-10-16(11-9-15)20-27(3,23)24/h4-11,14,20H,12H2,1-3H3/t14-/m1/s1. The average Bonchev–Trinajstić information content (AvgIpc) is 2.59. The zero-order chi connectivity index (χ0) is 20.0. The summed E-state index contributed by atoms with van der Waals surface area (Å²) in [6.45, 7) is 3.48. The number of sulfonamides is 1. The van der Waals surface area contributed by atoms with Gasteiger partial charge in [-0.2, -0.15) is 0 Å². The molecule has 1 atom stereocenters. The second-order valence-electron chi connectivity index (χ2n) is 6.00. The van der Waals surface area contributed by atoms with E-state index in [1.165, 1.54) is 43.0 Å². The molecule has 0 spiro atoms. The third-order valence-corrected chi connectivity index (χ3v) is 5.34. The summed E-state index contributed by atoms with van der Waals surface area (Å²) in [6, 6.07) is 13.7. The molecule has 0 saturated carbocycles. The van der Waals surface area contributed by atoms with Crippen molar-refractivity contribution in [3.05, 3.63) is 59.7 Å². The third kappa shape index (κ3) is 6.73. The number of esters is 1. The van der Waals surface area contributed by atoms with Crippen molar-refractivity contribution in [2.75, 3.05) is 16.7 Å². The Hall–Kier alpha value is -2.32. The Balaban J connectivity index is 1.91. The van der Waals surface area contributed by atoms with E-state index >= 15 is 0 Å². The van der Waals surface area contributed by atoms with Crippen LogP contribution in [0.4, 0.5) is 5.69 Å². The molecule has 144 valence electrons. The highest BCUT2D eigenvalue weighted by Gasteiger charge is 2.20. The molecule has 0 aliphatic heterocycles. The van der Waals surface area contributed by atoms with E-state index < -0.39 is 22.1 Å². The maximum Gasteiger partial charge on any atom is 0.316 e. The number of ether oxygens (including phenoxy) is 1. The highest BCUT2D eigenvalue weighted by molar-refractivity contribution is 8.00. The summed E-state index contributed by atoms with van der Waals surface area (Å²) >= 11 is 1.36. The minimum absolute atomic E-state index is 0.111. The molecule has 0 bridgehead atoms. The number of hydrogen-bond donors (Lipinski definition) is 1. The quantitative estimate of drug-likeness (QED) is 0.410. The van der Waals surface area contributed by atoms with Crippen LogP contribution in [0.15, 0.2) is 53.4 Å². The predicted molar refractivity (Wildman–Crippen MR) is 107 cm³/mol. The summed E-state index contributed by atoms with van der Waals surface area (Å²) in [4.78, 5) is 25.4. The monoisotopic (exact) mass is 407 g/mol. The molecule has 8 heteroatoms. The third-order valence-electron chi connectivity index (χ3n) is 3.59. The molecular formula is C19H21NO5S2. The number of thioether (sulfide) groups is 1. The number of anilines is 1. The van der Waals surface area contributed by atoms with Crippen molar-refractivity contribution >= 4 is 39.2 Å². The smallest absolute Gasteiger partial charge is 0.316 e. The fraction of sp³-hybridized carbons (Fsp3) is 0.263. The number of nitrogens with one attached hydrogen (secondary N) is 1. The molecule has 0 aliphatic carbocycles. The van der Waals surface area contributed by atoms with Gasteiger partial charge in [0, 0.05) is 16.1 Å². The number of aryl methyl sites for hydroxylation is 1. The van der Waals surface area contributed by atoms with Crippen LogP contribution >= 0.6 is 11.8 Å². The fourth-order valence-corrected chi connectivity index (χ4v) is 3.67. The van der Waals surface area contributed by atoms with Crippen LogP contribution in [0.2, 0.25) is 0 Å². The van der Waals surface area contributed by atoms with E-state index in [-0.39, 0.29) is 11.5 Å². The van der Waals surface area contributed by atoms with Crippen molar-refractivity contribution in [3.8, 4) is 0 Å². The Morgan fingerprint density at radius 3 is 2.33 bits per heavy atom. The van der Waals surface area contributed by atoms with Crippen molar-refractivity contribution < 1.29 is 22.7 Å². The normalized spacial score (nSPS) is 12.3. The van der Waals surface area contributed by atoms with Crippen LogP contribution in [0.3, 0.4) is 0 Å². The van der Waals surface area contributed by atoms with Crippen molar-refractivity contribution in [2.24, 2.45) is 0 Å². The van der Waals surface area contributed by atoms with E-state index in [0.717, 1.165) is 16.7 Å². The van der Waals surface area contributed by atoms with E-state index in [2.05, 4.69) is 4.72 Å². The van der Waals surface area contributed by atoms with Gasteiger partial charge in [-0.3, -0.25) is 14.3 Å². The summed E-state index contributed by atoms with van der Waals surface area (Å²) in [5, 5.41) is 0. The predicted octanol–water partition coefficient (Wildman–Crippen LogP) is 3.27. The lowest BCUT2D eigenvalue weighted by Gasteiger charge is -2.13. The molecule has 0 aromatic heterocycles. The second-order valence-corrected chi connectivity index (χ2v) is 8.77. The van der Waals surface area contributed by atoms with Gasteiger partial charge in [0.25, 0.3) is 0 Å². The van der Waals surface area contributed by atoms with Crippen LogP contribution in [0.25, 0.3) is 0 Å². The van der Waals surface area contributed by atoms with Gasteiger partial charge in [0.1, 0.15) is 0 Å². The van der Waals surface area contributed by atoms with Crippen molar-refractivity contribution in [1.29, 1.82) is 0 Å². The van der Waals surface area contributed by atoms with Gasteiger partial charge < -0.3 is 4.74 Å². The first-order valence-corrected chi connectivity index (χ1v) is 11.0. The molecule has 27 heavy (non-hydrogen) atoms. The van der Waals surface area contributed by atoms with E-state index in [0.29, 0.717) is 11.3 Å². The van der Waals surface area contributed by atoms with Crippen LogP contribution in [0, 0.1) is 6.92 Å². The zero-order valence-corrected chi connectivity index (χ0v) is 16.9. The van der Waals surface area contributed by atoms with Gasteiger partial charge in [-0.25, -0.2) is 8.42 Å². The average molecular weight is 408 g/mol. The first kappa shape index (κ1) is 21.0. The molecule has 2 rings (SSSR count). The van der Waals surface area contributed by atoms with Crippen LogP contribution < -0.4 is 4.72 Å². The molecular weight excluding hydrogens is 386 g/mol. The van der Waals surface area contributed by atoms with Gasteiger partial charge in [0.2, 0.25) is 15.8 Å². The molecule has 0 heterocycles. The molecule has 0 saturated heterocycles. The van der Waals surface area contributed by atoms with Crippen LogP contribution in [-0.4, -0.2) is 38.3 Å². The molecule has 0 fully saturated rings. The lowest BCUT2D eigenvalue weighted by molar-refractivity contribution is -0.143. The Labute approximate surface area is 163 Å². The SMILES string of the molecule is Cc1ccccc1SCC(=O)O[C@H](C)C(=O)c1ccc(NS(C)(=O)=O)cc1. The van der Waals surface area contributed by atoms with Crippen molar-refractivity contribution in [3.63, 3.8) is 0 Å². The molecule has 2 aromatic rings. The van der Waals surface area contributed by atoms with E-state index in [4.69, 9.17) is 4.74 Å². The van der Waals surface area contributed by atoms with Gasteiger partial charge in [0.05, 0.1) is 12.0 Å². The van der Waals surface area contributed by atoms with Crippen molar-refractivity contribution in [1.82, 2.24) is 0 Å². The lowest BCUT2D eigenvalue weighted by atomic mass is 10.1. The summed E-state index contributed by atoms with van der Waals surface area (Å²) in [5.74, 6) is -0.714. The number of rotatable bonds is 8. The number of carbonyl (C=O) groups excluding carboxylic acids is 2. The van der Waals surface area contributed by atoms with Gasteiger partial charge in [0.15, 0.2) is 6.10 Å². The molecule has 2 aromatic carbocycles. The van der Waals surface area contributed by atoms with Crippen LogP contribution in [0.5, 0.6) is 0 Å². The Kier molecular flexibility index (Phi) is 7.04. The van der Waals surface area contributed by atoms with Gasteiger partial charge in [-0.15, -0.1) is 11.8 Å². The fourth-order valence-electron chi connectivity index (χ4n) is 2.29. The number of Topliss-reactive ketones (excluding diaryl/α,β-unsaturated/α-hetero) is 1. The molecule has 6 nitrogen and oxygen atoms in total. The van der Waals surface area contributed by atoms with E-state index in [1.54, 1.807) is 0 Å². The number of benzene rings is 2. The van der Waals surface area contributed by atoms with Crippen LogP contribution in [-0.2, 0) is 19.6 Å². The minimum Gasteiger partial charge on any atom is -0.454 e. The summed E-state index contributed by atoms with van der Waals surface area (Å²) in [6.07, 6.45) is 0.117. The second kappa shape index (κ2) is 9.05. The largest absolute Gasteiger partial charge is 0.454 e. The highest BCUT2D eigenvalue weighted by atomic mass is 32.2. The molecule has 0 radical (unpaired) electrons.